The van der Waals surface area contributed by atoms with Crippen molar-refractivity contribution in [3.8, 4) is 17.1 Å². The maximum absolute atomic E-state index is 10.8. The Morgan fingerprint density at radius 2 is 1.93 bits per heavy atom. The van der Waals surface area contributed by atoms with Gasteiger partial charge in [-0.25, -0.2) is 0 Å². The quantitative estimate of drug-likeness (QED) is 0.493. The fourth-order valence-electron chi connectivity index (χ4n) is 3.51. The van der Waals surface area contributed by atoms with E-state index in [2.05, 4.69) is 61.3 Å². The molecule has 0 saturated carbocycles. The highest BCUT2D eigenvalue weighted by Gasteiger charge is 2.28. The molecule has 1 aliphatic heterocycles. The lowest BCUT2D eigenvalue weighted by atomic mass is 9.95. The number of aryl methyl sites for hydroxylation is 2. The molecule has 0 aliphatic carbocycles. The Kier molecular flexibility index (Phi) is 4.83. The van der Waals surface area contributed by atoms with E-state index in [1.807, 2.05) is 0 Å². The topological polar surface area (TPSA) is 79.4 Å². The molecule has 144 valence electrons. The Balaban J connectivity index is 1.40. The number of rotatable bonds is 5. The Bertz CT molecular complexity index is 991. The third kappa shape index (κ3) is 3.61. The van der Waals surface area contributed by atoms with Crippen LogP contribution in [0.3, 0.4) is 0 Å². The minimum Gasteiger partial charge on any atom is -0.443 e. The number of nitrogens with zero attached hydrogens (tertiary/aromatic N) is 3. The van der Waals surface area contributed by atoms with Crippen LogP contribution in [0.25, 0.3) is 11.1 Å². The summed E-state index contributed by atoms with van der Waals surface area (Å²) in [6.45, 7) is 5.51. The van der Waals surface area contributed by atoms with Crippen molar-refractivity contribution in [2.75, 3.05) is 6.61 Å². The van der Waals surface area contributed by atoms with Crippen LogP contribution in [0.4, 0.5) is 5.82 Å². The third-order valence-corrected chi connectivity index (χ3v) is 4.92. The molecule has 4 rings (SSSR count). The van der Waals surface area contributed by atoms with Crippen LogP contribution >= 0.6 is 0 Å². The number of hydrogen-bond acceptors (Lipinski definition) is 5. The van der Waals surface area contributed by atoms with E-state index in [1.54, 1.807) is 4.57 Å². The second-order valence-electron chi connectivity index (χ2n) is 7.00. The fourth-order valence-corrected chi connectivity index (χ4v) is 3.51. The Hall–Kier alpha value is -3.19. The molecule has 0 N–H and O–H groups in total. The van der Waals surface area contributed by atoms with Gasteiger partial charge in [-0.1, -0.05) is 42.5 Å². The second-order valence-corrected chi connectivity index (χ2v) is 7.00. The summed E-state index contributed by atoms with van der Waals surface area (Å²) < 4.78 is 13.0. The second kappa shape index (κ2) is 7.44. The first-order chi connectivity index (χ1) is 13.5. The van der Waals surface area contributed by atoms with E-state index in [0.717, 1.165) is 5.56 Å². The molecule has 1 atom stereocenters. The third-order valence-electron chi connectivity index (χ3n) is 4.92. The van der Waals surface area contributed by atoms with Crippen LogP contribution in [0.1, 0.15) is 16.7 Å². The first-order valence-corrected chi connectivity index (χ1v) is 9.13. The van der Waals surface area contributed by atoms with Crippen LogP contribution in [-0.4, -0.2) is 27.2 Å². The van der Waals surface area contributed by atoms with Gasteiger partial charge in [0.25, 0.3) is 0 Å². The zero-order valence-corrected chi connectivity index (χ0v) is 15.8. The van der Waals surface area contributed by atoms with Crippen LogP contribution in [0.2, 0.25) is 0 Å². The SMILES string of the molecule is Cc1cccc(C)c1-c1ccc(CO[C@@H]2COc3nc([N+](=O)[O-])cn3C2)cc1. The molecule has 28 heavy (non-hydrogen) atoms. The molecule has 2 aromatic carbocycles. The molecular formula is C21H21N3O4. The molecule has 0 spiro atoms. The molecule has 1 aliphatic rings. The first kappa shape index (κ1) is 18.2. The van der Waals surface area contributed by atoms with Crippen molar-refractivity contribution in [3.05, 3.63) is 75.5 Å². The van der Waals surface area contributed by atoms with E-state index < -0.39 is 4.92 Å². The zero-order chi connectivity index (χ0) is 19.7. The number of benzene rings is 2. The number of ether oxygens (including phenoxy) is 2. The molecule has 0 fully saturated rings. The lowest BCUT2D eigenvalue weighted by Crippen LogP contribution is -2.32. The Morgan fingerprint density at radius 3 is 2.61 bits per heavy atom. The van der Waals surface area contributed by atoms with Gasteiger partial charge < -0.3 is 19.6 Å². The standard InChI is InChI=1S/C21H21N3O4/c1-14-4-3-5-15(2)20(14)17-8-6-16(7-9-17)12-27-18-10-23-11-19(24(25)26)22-21(23)28-13-18/h3-9,11,18H,10,12-13H2,1-2H3/t18-/m0/s1. The van der Waals surface area contributed by atoms with Gasteiger partial charge in [-0.15, -0.1) is 0 Å². The molecule has 3 aromatic rings. The van der Waals surface area contributed by atoms with Gasteiger partial charge in [0.1, 0.15) is 18.9 Å². The molecule has 7 nitrogen and oxygen atoms in total. The lowest BCUT2D eigenvalue weighted by Gasteiger charge is -2.22. The monoisotopic (exact) mass is 379 g/mol. The number of hydrogen-bond donors (Lipinski definition) is 0. The average Bonchev–Trinajstić information content (AvgIpc) is 3.11. The molecule has 0 bridgehead atoms. The maximum Gasteiger partial charge on any atom is 0.414 e. The molecule has 0 amide bonds. The van der Waals surface area contributed by atoms with Crippen LogP contribution < -0.4 is 4.74 Å². The van der Waals surface area contributed by atoms with E-state index in [-0.39, 0.29) is 17.9 Å². The molecular weight excluding hydrogens is 358 g/mol. The van der Waals surface area contributed by atoms with Gasteiger partial charge in [-0.05, 0) is 46.6 Å². The summed E-state index contributed by atoms with van der Waals surface area (Å²) in [5, 5.41) is 10.8. The molecule has 7 heteroatoms. The van der Waals surface area contributed by atoms with Crippen LogP contribution in [0.15, 0.2) is 48.7 Å². The van der Waals surface area contributed by atoms with Crippen molar-refractivity contribution in [2.45, 2.75) is 33.1 Å². The van der Waals surface area contributed by atoms with E-state index in [9.17, 15) is 10.1 Å². The summed E-state index contributed by atoms with van der Waals surface area (Å²) >= 11 is 0. The van der Waals surface area contributed by atoms with Crippen LogP contribution in [0.5, 0.6) is 6.01 Å². The number of imidazole rings is 1. The molecule has 0 saturated heterocycles. The van der Waals surface area contributed by atoms with Gasteiger partial charge in [-0.2, -0.15) is 0 Å². The lowest BCUT2D eigenvalue weighted by molar-refractivity contribution is -0.389. The van der Waals surface area contributed by atoms with Gasteiger partial charge in [0.2, 0.25) is 0 Å². The highest BCUT2D eigenvalue weighted by Crippen LogP contribution is 2.28. The van der Waals surface area contributed by atoms with Gasteiger partial charge in [0.05, 0.1) is 13.2 Å². The predicted molar refractivity (Wildman–Crippen MR) is 104 cm³/mol. The summed E-state index contributed by atoms with van der Waals surface area (Å²) in [6.07, 6.45) is 1.20. The summed E-state index contributed by atoms with van der Waals surface area (Å²) in [5.41, 5.74) is 6.04. The van der Waals surface area contributed by atoms with Crippen molar-refractivity contribution in [2.24, 2.45) is 0 Å². The van der Waals surface area contributed by atoms with E-state index >= 15 is 0 Å². The summed E-state index contributed by atoms with van der Waals surface area (Å²) in [7, 11) is 0. The van der Waals surface area contributed by atoms with Crippen molar-refractivity contribution in [3.63, 3.8) is 0 Å². The summed E-state index contributed by atoms with van der Waals surface area (Å²) in [4.78, 5) is 14.1. The highest BCUT2D eigenvalue weighted by molar-refractivity contribution is 5.70. The van der Waals surface area contributed by atoms with Gasteiger partial charge in [0, 0.05) is 4.98 Å². The molecule has 1 aromatic heterocycles. The number of nitro groups is 1. The largest absolute Gasteiger partial charge is 0.443 e. The molecule has 0 radical (unpaired) electrons. The predicted octanol–water partition coefficient (Wildman–Crippen LogP) is 4.05. The van der Waals surface area contributed by atoms with Crippen LogP contribution in [-0.2, 0) is 17.9 Å². The maximum atomic E-state index is 10.8. The summed E-state index contributed by atoms with van der Waals surface area (Å²) in [6, 6.07) is 14.9. The number of aromatic nitrogens is 2. The number of fused-ring (bicyclic) bond motifs is 1. The molecule has 0 unspecified atom stereocenters. The van der Waals surface area contributed by atoms with Crippen molar-refractivity contribution < 1.29 is 14.4 Å². The van der Waals surface area contributed by atoms with Gasteiger partial charge in [0.15, 0.2) is 0 Å². The average molecular weight is 379 g/mol. The highest BCUT2D eigenvalue weighted by atomic mass is 16.6. The smallest absolute Gasteiger partial charge is 0.414 e. The van der Waals surface area contributed by atoms with Crippen molar-refractivity contribution in [1.29, 1.82) is 0 Å². The molecule has 2 heterocycles. The summed E-state index contributed by atoms with van der Waals surface area (Å²) in [5.74, 6) is -0.210. The Labute approximate surface area is 162 Å². The fraction of sp³-hybridized carbons (Fsp3) is 0.286. The first-order valence-electron chi connectivity index (χ1n) is 9.13. The van der Waals surface area contributed by atoms with Gasteiger partial charge in [-0.3, -0.25) is 4.57 Å². The van der Waals surface area contributed by atoms with Crippen LogP contribution in [0, 0.1) is 24.0 Å². The van der Waals surface area contributed by atoms with Crippen molar-refractivity contribution in [1.82, 2.24) is 9.55 Å². The minimum atomic E-state index is -0.526. The normalized spacial score (nSPS) is 15.7. The van der Waals surface area contributed by atoms with Crippen molar-refractivity contribution >= 4 is 5.82 Å². The van der Waals surface area contributed by atoms with E-state index in [0.29, 0.717) is 19.8 Å². The van der Waals surface area contributed by atoms with E-state index in [4.69, 9.17) is 9.47 Å². The zero-order valence-electron chi connectivity index (χ0n) is 15.8. The van der Waals surface area contributed by atoms with Gasteiger partial charge >= 0.3 is 11.8 Å². The Morgan fingerprint density at radius 1 is 1.21 bits per heavy atom. The minimum absolute atomic E-state index is 0.181. The van der Waals surface area contributed by atoms with E-state index in [1.165, 1.54) is 28.5 Å².